The lowest BCUT2D eigenvalue weighted by atomic mass is 10.0. The molecule has 1 unspecified atom stereocenters. The molecule has 0 saturated carbocycles. The molecule has 1 heterocycles. The minimum atomic E-state index is -5.75. The van der Waals surface area contributed by atoms with Gasteiger partial charge in [0.15, 0.2) is 0 Å². The fourth-order valence-electron chi connectivity index (χ4n) is 2.99. The fourth-order valence-corrected chi connectivity index (χ4v) is 3.77. The average molecular weight is 470 g/mol. The van der Waals surface area contributed by atoms with Crippen LogP contribution in [0.25, 0.3) is 0 Å². The molecule has 0 amide bonds. The van der Waals surface area contributed by atoms with E-state index < -0.39 is 36.9 Å². The molecule has 2 aromatic carbocycles. The van der Waals surface area contributed by atoms with Crippen molar-refractivity contribution in [1.82, 2.24) is 9.55 Å². The van der Waals surface area contributed by atoms with E-state index in [0.29, 0.717) is 29.3 Å². The molecule has 0 bridgehead atoms. The van der Waals surface area contributed by atoms with E-state index in [-0.39, 0.29) is 5.69 Å². The van der Waals surface area contributed by atoms with Crippen molar-refractivity contribution in [3.63, 3.8) is 0 Å². The Hall–Kier alpha value is -3.61. The Morgan fingerprint density at radius 2 is 1.84 bits per heavy atom. The monoisotopic (exact) mass is 470 g/mol. The number of anilines is 1. The highest BCUT2D eigenvalue weighted by molar-refractivity contribution is 7.92. The van der Waals surface area contributed by atoms with Crippen LogP contribution in [0.1, 0.15) is 17.4 Å². The number of ether oxygens (including phenoxy) is 1. The van der Waals surface area contributed by atoms with Crippen LogP contribution in [0.15, 0.2) is 59.8 Å². The fraction of sp³-hybridized carbons (Fsp3) is 0.211. The number of rotatable bonds is 7. The summed E-state index contributed by atoms with van der Waals surface area (Å²) in [6.07, 6.45) is 3.17. The van der Waals surface area contributed by atoms with E-state index in [1.165, 1.54) is 13.3 Å². The van der Waals surface area contributed by atoms with E-state index in [4.69, 9.17) is 4.74 Å². The normalized spacial score (nSPS) is 12.9. The number of hydrogen-bond donors (Lipinski definition) is 1. The first-order chi connectivity index (χ1) is 15.0. The number of nitro benzene ring substituents is 1. The molecule has 9 nitrogen and oxygen atoms in total. The Labute approximate surface area is 180 Å². The molecule has 3 aromatic rings. The van der Waals surface area contributed by atoms with Crippen molar-refractivity contribution in [2.24, 2.45) is 7.05 Å². The first kappa shape index (κ1) is 23.1. The number of hydrogen-bond acceptors (Lipinski definition) is 7. The van der Waals surface area contributed by atoms with E-state index >= 15 is 0 Å². The van der Waals surface area contributed by atoms with Gasteiger partial charge >= 0.3 is 5.51 Å². The summed E-state index contributed by atoms with van der Waals surface area (Å²) in [6.45, 7) is 0. The molecule has 0 radical (unpaired) electrons. The van der Waals surface area contributed by atoms with Crippen molar-refractivity contribution in [1.29, 1.82) is 0 Å². The molecule has 1 aromatic heterocycles. The Balaban J connectivity index is 2.09. The van der Waals surface area contributed by atoms with E-state index in [9.17, 15) is 31.7 Å². The molecule has 0 saturated heterocycles. The lowest BCUT2D eigenvalue weighted by Gasteiger charge is -2.21. The lowest BCUT2D eigenvalue weighted by molar-refractivity contribution is -0.384. The number of methoxy groups -OCH3 is 1. The molecule has 1 N–H and O–H groups in total. The number of aromatic nitrogens is 2. The minimum Gasteiger partial charge on any atom is -0.497 e. The first-order valence-electron chi connectivity index (χ1n) is 8.93. The molecule has 3 rings (SSSR count). The summed E-state index contributed by atoms with van der Waals surface area (Å²) in [5, 5.41) is 14.5. The SMILES string of the molecule is COc1ccc(C(Nc2ccc(S(=O)(=O)C(F)(F)F)cc2[N+](=O)[O-])c2nccn2C)cc1. The minimum absolute atomic E-state index is 0.181. The molecule has 0 spiro atoms. The lowest BCUT2D eigenvalue weighted by Crippen LogP contribution is -2.23. The Kier molecular flexibility index (Phi) is 6.12. The third-order valence-electron chi connectivity index (χ3n) is 4.65. The first-order valence-corrected chi connectivity index (χ1v) is 10.4. The molecule has 13 heteroatoms. The molecule has 0 aliphatic heterocycles. The quantitative estimate of drug-likeness (QED) is 0.412. The second kappa shape index (κ2) is 8.49. The maximum Gasteiger partial charge on any atom is 0.501 e. The van der Waals surface area contributed by atoms with Crippen molar-refractivity contribution in [3.8, 4) is 5.75 Å². The predicted octanol–water partition coefficient (Wildman–Crippen LogP) is 3.83. The summed E-state index contributed by atoms with van der Waals surface area (Å²) in [5.74, 6) is 1.02. The number of imidazole rings is 1. The van der Waals surface area contributed by atoms with Gasteiger partial charge in [-0.2, -0.15) is 13.2 Å². The number of halogens is 3. The van der Waals surface area contributed by atoms with Gasteiger partial charge in [-0.15, -0.1) is 0 Å². The van der Waals surface area contributed by atoms with Gasteiger partial charge in [0.2, 0.25) is 0 Å². The van der Waals surface area contributed by atoms with Gasteiger partial charge in [-0.3, -0.25) is 10.1 Å². The number of sulfone groups is 1. The van der Waals surface area contributed by atoms with E-state index in [1.807, 2.05) is 0 Å². The topological polar surface area (TPSA) is 116 Å². The number of nitro groups is 1. The van der Waals surface area contributed by atoms with Gasteiger partial charge < -0.3 is 14.6 Å². The van der Waals surface area contributed by atoms with Gasteiger partial charge in [-0.05, 0) is 29.8 Å². The van der Waals surface area contributed by atoms with Crippen LogP contribution < -0.4 is 10.1 Å². The third-order valence-corrected chi connectivity index (χ3v) is 6.13. The molecule has 0 aliphatic rings. The summed E-state index contributed by atoms with van der Waals surface area (Å²) in [7, 11) is -2.56. The van der Waals surface area contributed by atoms with E-state index in [2.05, 4.69) is 10.3 Å². The van der Waals surface area contributed by atoms with Crippen LogP contribution in [0, 0.1) is 10.1 Å². The number of aryl methyl sites for hydroxylation is 1. The third kappa shape index (κ3) is 4.37. The van der Waals surface area contributed by atoms with Crippen LogP contribution in [0.2, 0.25) is 0 Å². The number of nitrogens with one attached hydrogen (secondary N) is 1. The molecule has 0 aliphatic carbocycles. The molecular formula is C19H17F3N4O5S. The highest BCUT2D eigenvalue weighted by Crippen LogP contribution is 2.37. The van der Waals surface area contributed by atoms with Crippen molar-refractivity contribution in [2.45, 2.75) is 16.4 Å². The van der Waals surface area contributed by atoms with E-state index in [1.54, 1.807) is 42.1 Å². The van der Waals surface area contributed by atoms with Crippen LogP contribution >= 0.6 is 0 Å². The van der Waals surface area contributed by atoms with Crippen molar-refractivity contribution in [2.75, 3.05) is 12.4 Å². The second-order valence-electron chi connectivity index (χ2n) is 6.63. The van der Waals surface area contributed by atoms with Gasteiger partial charge in [0.25, 0.3) is 15.5 Å². The van der Waals surface area contributed by atoms with Crippen LogP contribution in [0.5, 0.6) is 5.75 Å². The molecule has 0 fully saturated rings. The van der Waals surface area contributed by atoms with Crippen LogP contribution in [0.4, 0.5) is 24.5 Å². The van der Waals surface area contributed by atoms with Crippen molar-refractivity contribution >= 4 is 21.2 Å². The van der Waals surface area contributed by atoms with Gasteiger partial charge in [0.1, 0.15) is 23.3 Å². The largest absolute Gasteiger partial charge is 0.501 e. The summed E-state index contributed by atoms with van der Waals surface area (Å²) in [5.41, 5.74) is -5.97. The Morgan fingerprint density at radius 1 is 1.19 bits per heavy atom. The zero-order valence-electron chi connectivity index (χ0n) is 16.7. The van der Waals surface area contributed by atoms with E-state index in [0.717, 1.165) is 6.07 Å². The number of benzene rings is 2. The average Bonchev–Trinajstić information content (AvgIpc) is 3.16. The Morgan fingerprint density at radius 3 is 2.34 bits per heavy atom. The van der Waals surface area contributed by atoms with Crippen molar-refractivity contribution < 1.29 is 31.2 Å². The number of nitrogens with zero attached hydrogens (tertiary/aromatic N) is 3. The highest BCUT2D eigenvalue weighted by atomic mass is 32.2. The maximum absolute atomic E-state index is 12.9. The van der Waals surface area contributed by atoms with Gasteiger partial charge in [-0.25, -0.2) is 13.4 Å². The molecule has 1 atom stereocenters. The zero-order valence-corrected chi connectivity index (χ0v) is 17.5. The highest BCUT2D eigenvalue weighted by Gasteiger charge is 2.47. The number of alkyl halides is 3. The smallest absolute Gasteiger partial charge is 0.497 e. The summed E-state index contributed by atoms with van der Waals surface area (Å²) < 4.78 is 68.8. The summed E-state index contributed by atoms with van der Waals surface area (Å²) in [4.78, 5) is 13.6. The van der Waals surface area contributed by atoms with Crippen LogP contribution in [-0.4, -0.2) is 35.5 Å². The molecule has 170 valence electrons. The predicted molar refractivity (Wildman–Crippen MR) is 108 cm³/mol. The standard InChI is InChI=1S/C19H17F3N4O5S/c1-25-10-9-23-18(25)17(12-3-5-13(31-2)6-4-12)24-15-8-7-14(11-16(15)26(27)28)32(29,30)19(20,21)22/h3-11,17,24H,1-2H3. The van der Waals surface area contributed by atoms with Gasteiger partial charge in [0, 0.05) is 25.5 Å². The van der Waals surface area contributed by atoms with Crippen LogP contribution in [-0.2, 0) is 16.9 Å². The molecule has 32 heavy (non-hydrogen) atoms. The maximum atomic E-state index is 12.9. The van der Waals surface area contributed by atoms with Gasteiger partial charge in [-0.1, -0.05) is 12.1 Å². The second-order valence-corrected chi connectivity index (χ2v) is 8.57. The van der Waals surface area contributed by atoms with Crippen molar-refractivity contribution in [3.05, 3.63) is 76.4 Å². The Bertz CT molecular complexity index is 1240. The summed E-state index contributed by atoms with van der Waals surface area (Å²) in [6, 6.07) is 7.95. The van der Waals surface area contributed by atoms with Gasteiger partial charge in [0.05, 0.1) is 16.9 Å². The van der Waals surface area contributed by atoms with Crippen LogP contribution in [0.3, 0.4) is 0 Å². The zero-order chi connectivity index (χ0) is 23.7. The molecular weight excluding hydrogens is 453 g/mol. The summed E-state index contributed by atoms with van der Waals surface area (Å²) >= 11 is 0.